The highest BCUT2D eigenvalue weighted by molar-refractivity contribution is 5.86. The quantitative estimate of drug-likeness (QED) is 0.732. The van der Waals surface area contributed by atoms with Crippen molar-refractivity contribution in [2.45, 2.75) is 31.3 Å². The van der Waals surface area contributed by atoms with Gasteiger partial charge in [0, 0.05) is 54.4 Å². The van der Waals surface area contributed by atoms with Crippen molar-refractivity contribution in [1.29, 1.82) is 0 Å². The lowest BCUT2D eigenvalue weighted by Crippen LogP contribution is -2.53. The molecule has 6 heteroatoms. The van der Waals surface area contributed by atoms with Crippen LogP contribution in [0, 0.1) is 5.92 Å². The predicted molar refractivity (Wildman–Crippen MR) is 108 cm³/mol. The number of rotatable bonds is 3. The van der Waals surface area contributed by atoms with E-state index in [0.29, 0.717) is 32.0 Å². The first kappa shape index (κ1) is 17.3. The van der Waals surface area contributed by atoms with E-state index < -0.39 is 6.04 Å². The number of hydrogen-bond donors (Lipinski definition) is 2. The Bertz CT molecular complexity index is 1100. The summed E-state index contributed by atoms with van der Waals surface area (Å²) < 4.78 is 1.88. The van der Waals surface area contributed by atoms with E-state index in [4.69, 9.17) is 5.73 Å². The molecule has 0 aliphatic carbocycles. The molecule has 5 rings (SSSR count). The van der Waals surface area contributed by atoms with Crippen molar-refractivity contribution in [3.8, 4) is 0 Å². The molecule has 1 aromatic carbocycles. The Balaban J connectivity index is 1.34. The van der Waals surface area contributed by atoms with Gasteiger partial charge in [0.1, 0.15) is 0 Å². The van der Waals surface area contributed by atoms with Crippen LogP contribution < -0.4 is 11.3 Å². The largest absolute Gasteiger partial charge is 0.361 e. The number of benzene rings is 1. The van der Waals surface area contributed by atoms with Gasteiger partial charge >= 0.3 is 0 Å². The second-order valence-corrected chi connectivity index (χ2v) is 8.11. The number of pyridine rings is 1. The van der Waals surface area contributed by atoms with Crippen LogP contribution >= 0.6 is 0 Å². The zero-order valence-corrected chi connectivity index (χ0v) is 15.7. The molecule has 1 fully saturated rings. The van der Waals surface area contributed by atoms with Gasteiger partial charge in [0.15, 0.2) is 0 Å². The highest BCUT2D eigenvalue weighted by atomic mass is 16.2. The first-order valence-electron chi connectivity index (χ1n) is 9.89. The number of nitrogens with two attached hydrogens (primary N) is 1. The van der Waals surface area contributed by atoms with Gasteiger partial charge in [-0.05, 0) is 36.5 Å². The normalized spacial score (nSPS) is 22.1. The van der Waals surface area contributed by atoms with Gasteiger partial charge in [-0.1, -0.05) is 24.3 Å². The number of aromatic nitrogens is 2. The fourth-order valence-electron chi connectivity index (χ4n) is 4.94. The minimum Gasteiger partial charge on any atom is -0.361 e. The second kappa shape index (κ2) is 6.63. The summed E-state index contributed by atoms with van der Waals surface area (Å²) in [5, 5.41) is 1.12. The van der Waals surface area contributed by atoms with E-state index in [-0.39, 0.29) is 17.4 Å². The molecule has 2 bridgehead atoms. The van der Waals surface area contributed by atoms with Crippen molar-refractivity contribution in [3.05, 3.63) is 70.3 Å². The fraction of sp³-hybridized carbons (Fsp3) is 0.364. The monoisotopic (exact) mass is 376 g/mol. The van der Waals surface area contributed by atoms with Crippen molar-refractivity contribution in [3.63, 3.8) is 0 Å². The Hall–Kier alpha value is -2.86. The summed E-state index contributed by atoms with van der Waals surface area (Å²) in [5.41, 5.74) is 9.58. The zero-order valence-electron chi connectivity index (χ0n) is 15.7. The topological polar surface area (TPSA) is 84.1 Å². The molecule has 2 aromatic heterocycles. The third kappa shape index (κ3) is 2.85. The van der Waals surface area contributed by atoms with Crippen molar-refractivity contribution in [2.75, 3.05) is 13.1 Å². The summed E-state index contributed by atoms with van der Waals surface area (Å²) >= 11 is 0. The highest BCUT2D eigenvalue weighted by Crippen LogP contribution is 2.35. The number of amides is 1. The number of piperidine rings is 1. The highest BCUT2D eigenvalue weighted by Gasteiger charge is 2.37. The molecule has 1 amide bonds. The predicted octanol–water partition coefficient (Wildman–Crippen LogP) is 1.85. The van der Waals surface area contributed by atoms with Crippen molar-refractivity contribution >= 4 is 16.8 Å². The molecule has 144 valence electrons. The van der Waals surface area contributed by atoms with E-state index >= 15 is 0 Å². The maximum Gasteiger partial charge on any atom is 0.250 e. The smallest absolute Gasteiger partial charge is 0.250 e. The Morgan fingerprint density at radius 1 is 1.14 bits per heavy atom. The second-order valence-electron chi connectivity index (χ2n) is 8.11. The molecule has 4 heterocycles. The van der Waals surface area contributed by atoms with Gasteiger partial charge in [-0.2, -0.15) is 0 Å². The third-order valence-corrected chi connectivity index (χ3v) is 6.22. The molecule has 3 atom stereocenters. The molecule has 6 nitrogen and oxygen atoms in total. The van der Waals surface area contributed by atoms with Gasteiger partial charge in [-0.15, -0.1) is 0 Å². The van der Waals surface area contributed by atoms with E-state index in [0.717, 1.165) is 28.6 Å². The van der Waals surface area contributed by atoms with E-state index in [9.17, 15) is 9.59 Å². The van der Waals surface area contributed by atoms with E-state index in [1.807, 2.05) is 46.0 Å². The summed E-state index contributed by atoms with van der Waals surface area (Å²) in [7, 11) is 0. The molecule has 0 spiro atoms. The molecule has 28 heavy (non-hydrogen) atoms. The Labute approximate surface area is 163 Å². The number of carbonyl (C=O) groups is 1. The van der Waals surface area contributed by atoms with Crippen LogP contribution in [0.5, 0.6) is 0 Å². The van der Waals surface area contributed by atoms with Gasteiger partial charge in [0.25, 0.3) is 5.56 Å². The number of likely N-dealkylation sites (tertiary alicyclic amines) is 1. The first-order chi connectivity index (χ1) is 13.6. The van der Waals surface area contributed by atoms with Crippen LogP contribution in [0.2, 0.25) is 0 Å². The summed E-state index contributed by atoms with van der Waals surface area (Å²) in [4.78, 5) is 30.4. The number of para-hydroxylation sites is 1. The minimum absolute atomic E-state index is 0.00621. The maximum absolute atomic E-state index is 13.1. The third-order valence-electron chi connectivity index (χ3n) is 6.22. The molecule has 1 saturated heterocycles. The van der Waals surface area contributed by atoms with Crippen LogP contribution in [0.15, 0.2) is 53.5 Å². The number of nitrogens with one attached hydrogen (secondary N) is 1. The van der Waals surface area contributed by atoms with E-state index in [1.165, 1.54) is 0 Å². The Kier molecular flexibility index (Phi) is 4.09. The van der Waals surface area contributed by atoms with Crippen molar-refractivity contribution in [1.82, 2.24) is 14.5 Å². The average molecular weight is 376 g/mol. The zero-order chi connectivity index (χ0) is 19.3. The molecular weight excluding hydrogens is 352 g/mol. The van der Waals surface area contributed by atoms with E-state index in [1.54, 1.807) is 6.07 Å². The maximum atomic E-state index is 13.1. The minimum atomic E-state index is -0.559. The number of H-pyrrole nitrogens is 1. The lowest BCUT2D eigenvalue weighted by molar-refractivity contribution is -0.135. The summed E-state index contributed by atoms with van der Waals surface area (Å²) in [6.45, 7) is 2.00. The van der Waals surface area contributed by atoms with Gasteiger partial charge in [0.05, 0.1) is 6.04 Å². The average Bonchev–Trinajstić information content (AvgIpc) is 3.11. The molecule has 2 aliphatic rings. The molecular formula is C22H24N4O2. The Morgan fingerprint density at radius 2 is 2.00 bits per heavy atom. The van der Waals surface area contributed by atoms with Crippen LogP contribution in [0.1, 0.15) is 23.6 Å². The lowest BCUT2D eigenvalue weighted by Gasteiger charge is -2.43. The number of hydrogen-bond acceptors (Lipinski definition) is 3. The SMILES string of the molecule is N[C@@H](Cc1c[nH]c2ccccc12)C(=O)N1C[C@@H]2C[C@H](C1)c1cccc(=O)n1C2. The van der Waals surface area contributed by atoms with Gasteiger partial charge in [-0.3, -0.25) is 9.59 Å². The van der Waals surface area contributed by atoms with Crippen molar-refractivity contribution < 1.29 is 4.79 Å². The van der Waals surface area contributed by atoms with Crippen LogP contribution in [-0.4, -0.2) is 39.5 Å². The molecule has 3 aromatic rings. The molecule has 0 unspecified atom stereocenters. The van der Waals surface area contributed by atoms with Crippen LogP contribution in [0.4, 0.5) is 0 Å². The van der Waals surface area contributed by atoms with Crippen LogP contribution in [0.3, 0.4) is 0 Å². The van der Waals surface area contributed by atoms with Gasteiger partial charge < -0.3 is 20.2 Å². The lowest BCUT2D eigenvalue weighted by atomic mass is 9.83. The van der Waals surface area contributed by atoms with Crippen LogP contribution in [-0.2, 0) is 17.8 Å². The summed E-state index contributed by atoms with van der Waals surface area (Å²) in [6.07, 6.45) is 3.50. The Morgan fingerprint density at radius 3 is 2.89 bits per heavy atom. The number of fused-ring (bicyclic) bond motifs is 5. The molecule has 0 radical (unpaired) electrons. The van der Waals surface area contributed by atoms with E-state index in [2.05, 4.69) is 11.1 Å². The van der Waals surface area contributed by atoms with Gasteiger partial charge in [0.2, 0.25) is 5.91 Å². The fourth-order valence-corrected chi connectivity index (χ4v) is 4.94. The summed E-state index contributed by atoms with van der Waals surface area (Å²) in [6, 6.07) is 13.0. The van der Waals surface area contributed by atoms with Gasteiger partial charge in [-0.25, -0.2) is 0 Å². The number of aromatic amines is 1. The number of nitrogens with zero attached hydrogens (tertiary/aromatic N) is 2. The molecule has 0 saturated carbocycles. The molecule has 2 aliphatic heterocycles. The standard InChI is InChI=1S/C22H24N4O2/c23-18(9-15-10-24-19-5-2-1-4-17(15)19)22(28)25-11-14-8-16(13-25)20-6-3-7-21(27)26(20)12-14/h1-7,10,14,16,18,24H,8-9,11-13,23H2/t14-,16+,18-/m0/s1. The van der Waals surface area contributed by atoms with Crippen LogP contribution in [0.25, 0.3) is 10.9 Å². The molecule has 3 N–H and O–H groups in total. The van der Waals surface area contributed by atoms with Crippen molar-refractivity contribution in [2.24, 2.45) is 11.7 Å². The number of carbonyl (C=O) groups excluding carboxylic acids is 1. The first-order valence-corrected chi connectivity index (χ1v) is 9.89. The summed E-state index contributed by atoms with van der Waals surface area (Å²) in [5.74, 6) is 0.535.